The third-order valence-electron chi connectivity index (χ3n) is 4.01. The zero-order chi connectivity index (χ0) is 21.5. The Bertz CT molecular complexity index is 1100. The van der Waals surface area contributed by atoms with Gasteiger partial charge in [-0.25, -0.2) is 5.43 Å². The smallest absolute Gasteiger partial charge is 0.275 e. The zero-order valence-electron chi connectivity index (χ0n) is 15.4. The van der Waals surface area contributed by atoms with Gasteiger partial charge in [0.15, 0.2) is 0 Å². The van der Waals surface area contributed by atoms with E-state index in [1.807, 2.05) is 0 Å². The Morgan fingerprint density at radius 2 is 1.83 bits per heavy atom. The van der Waals surface area contributed by atoms with E-state index in [0.717, 1.165) is 5.56 Å². The summed E-state index contributed by atoms with van der Waals surface area (Å²) in [7, 11) is 0. The summed E-state index contributed by atoms with van der Waals surface area (Å²) in [6.45, 7) is 0.159. The van der Waals surface area contributed by atoms with E-state index in [0.29, 0.717) is 26.9 Å². The van der Waals surface area contributed by atoms with Gasteiger partial charge in [0.1, 0.15) is 12.4 Å². The third-order valence-corrected chi connectivity index (χ3v) is 4.60. The summed E-state index contributed by atoms with van der Waals surface area (Å²) in [5, 5.41) is 15.6. The number of hydrazone groups is 1. The van der Waals surface area contributed by atoms with E-state index < -0.39 is 10.8 Å². The molecule has 0 bridgehead atoms. The van der Waals surface area contributed by atoms with Crippen LogP contribution in [-0.4, -0.2) is 17.0 Å². The Hall–Kier alpha value is -3.42. The predicted molar refractivity (Wildman–Crippen MR) is 115 cm³/mol. The second-order valence-electron chi connectivity index (χ2n) is 6.07. The predicted octanol–water partition coefficient (Wildman–Crippen LogP) is 5.24. The van der Waals surface area contributed by atoms with Crippen LogP contribution in [-0.2, 0) is 6.61 Å². The first-order valence-electron chi connectivity index (χ1n) is 8.67. The Morgan fingerprint density at radius 3 is 2.53 bits per heavy atom. The number of carbonyl (C=O) groups excluding carboxylic acids is 1. The third kappa shape index (κ3) is 5.56. The molecule has 1 amide bonds. The number of nitro groups is 1. The van der Waals surface area contributed by atoms with Crippen LogP contribution in [0.15, 0.2) is 71.8 Å². The second kappa shape index (κ2) is 9.87. The van der Waals surface area contributed by atoms with Crippen LogP contribution in [0.5, 0.6) is 5.75 Å². The highest BCUT2D eigenvalue weighted by Crippen LogP contribution is 2.24. The first-order chi connectivity index (χ1) is 14.4. The average molecular weight is 444 g/mol. The standard InChI is InChI=1S/C21H15Cl2N3O4/c22-16-8-7-15(19(23)11-16)13-30-20-4-2-1-3-18(20)21(27)25-24-12-14-5-9-17(10-6-14)26(28)29/h1-12H,13H2,(H,25,27)/b24-12+. The number of nitrogens with zero attached hydrogens (tertiary/aromatic N) is 2. The zero-order valence-corrected chi connectivity index (χ0v) is 16.9. The first kappa shape index (κ1) is 21.3. The van der Waals surface area contributed by atoms with Crippen LogP contribution in [0.4, 0.5) is 5.69 Å². The molecule has 0 aromatic heterocycles. The number of nitro benzene ring substituents is 1. The highest BCUT2D eigenvalue weighted by molar-refractivity contribution is 6.35. The normalized spacial score (nSPS) is 10.7. The summed E-state index contributed by atoms with van der Waals surface area (Å²) >= 11 is 12.0. The van der Waals surface area contributed by atoms with Gasteiger partial charge in [-0.1, -0.05) is 41.4 Å². The molecule has 0 aliphatic heterocycles. The summed E-state index contributed by atoms with van der Waals surface area (Å²) in [6.07, 6.45) is 1.39. The van der Waals surface area contributed by atoms with Gasteiger partial charge >= 0.3 is 0 Å². The second-order valence-corrected chi connectivity index (χ2v) is 6.91. The van der Waals surface area contributed by atoms with Gasteiger partial charge in [0.2, 0.25) is 0 Å². The number of hydrogen-bond donors (Lipinski definition) is 1. The fourth-order valence-electron chi connectivity index (χ4n) is 2.48. The van der Waals surface area contributed by atoms with Crippen molar-refractivity contribution in [3.63, 3.8) is 0 Å². The largest absolute Gasteiger partial charge is 0.488 e. The highest BCUT2D eigenvalue weighted by atomic mass is 35.5. The molecule has 3 rings (SSSR count). The molecule has 0 aliphatic carbocycles. The topological polar surface area (TPSA) is 93.8 Å². The quantitative estimate of drug-likeness (QED) is 0.306. The summed E-state index contributed by atoms with van der Waals surface area (Å²) in [4.78, 5) is 22.7. The lowest BCUT2D eigenvalue weighted by Crippen LogP contribution is -2.18. The monoisotopic (exact) mass is 443 g/mol. The molecular weight excluding hydrogens is 429 g/mol. The molecule has 7 nitrogen and oxygen atoms in total. The minimum Gasteiger partial charge on any atom is -0.488 e. The fraction of sp³-hybridized carbons (Fsp3) is 0.0476. The van der Waals surface area contributed by atoms with Crippen molar-refractivity contribution < 1.29 is 14.5 Å². The molecule has 9 heteroatoms. The minimum atomic E-state index is -0.489. The van der Waals surface area contributed by atoms with Gasteiger partial charge in [0.05, 0.1) is 16.7 Å². The number of carbonyl (C=O) groups is 1. The highest BCUT2D eigenvalue weighted by Gasteiger charge is 2.12. The number of rotatable bonds is 7. The summed E-state index contributed by atoms with van der Waals surface area (Å²) in [6, 6.07) is 17.6. The number of ether oxygens (including phenoxy) is 1. The van der Waals surface area contributed by atoms with Crippen LogP contribution in [0.2, 0.25) is 10.0 Å². The van der Waals surface area contributed by atoms with Crippen molar-refractivity contribution in [2.24, 2.45) is 5.10 Å². The van der Waals surface area contributed by atoms with Gasteiger partial charge in [-0.2, -0.15) is 5.10 Å². The Morgan fingerprint density at radius 1 is 1.10 bits per heavy atom. The molecule has 0 unspecified atom stereocenters. The molecule has 0 saturated heterocycles. The molecular formula is C21H15Cl2N3O4. The van der Waals surface area contributed by atoms with E-state index in [2.05, 4.69) is 10.5 Å². The molecule has 0 fully saturated rings. The molecule has 0 saturated carbocycles. The molecule has 0 aliphatic rings. The lowest BCUT2D eigenvalue weighted by molar-refractivity contribution is -0.384. The van der Waals surface area contributed by atoms with Crippen molar-refractivity contribution >= 4 is 41.0 Å². The SMILES string of the molecule is O=C(N/N=C/c1ccc([N+](=O)[O-])cc1)c1ccccc1OCc1ccc(Cl)cc1Cl. The average Bonchev–Trinajstić information content (AvgIpc) is 2.73. The lowest BCUT2D eigenvalue weighted by Gasteiger charge is -2.11. The molecule has 0 heterocycles. The number of para-hydroxylation sites is 1. The van der Waals surface area contributed by atoms with Crippen LogP contribution in [0.1, 0.15) is 21.5 Å². The Kier molecular flexibility index (Phi) is 7.00. The molecule has 0 spiro atoms. The molecule has 3 aromatic carbocycles. The van der Waals surface area contributed by atoms with Crippen LogP contribution < -0.4 is 10.2 Å². The van der Waals surface area contributed by atoms with Gasteiger partial charge in [-0.3, -0.25) is 14.9 Å². The van der Waals surface area contributed by atoms with Gasteiger partial charge < -0.3 is 4.74 Å². The maximum atomic E-state index is 12.5. The van der Waals surface area contributed by atoms with E-state index in [-0.39, 0.29) is 12.3 Å². The van der Waals surface area contributed by atoms with E-state index in [9.17, 15) is 14.9 Å². The first-order valence-corrected chi connectivity index (χ1v) is 9.43. The molecule has 152 valence electrons. The van der Waals surface area contributed by atoms with Crippen molar-refractivity contribution in [1.29, 1.82) is 0 Å². The van der Waals surface area contributed by atoms with Crippen LogP contribution in [0.25, 0.3) is 0 Å². The van der Waals surface area contributed by atoms with E-state index >= 15 is 0 Å². The molecule has 30 heavy (non-hydrogen) atoms. The maximum Gasteiger partial charge on any atom is 0.275 e. The minimum absolute atomic E-state index is 0.0250. The molecule has 3 aromatic rings. The van der Waals surface area contributed by atoms with Gasteiger partial charge in [-0.05, 0) is 42.0 Å². The van der Waals surface area contributed by atoms with E-state index in [1.165, 1.54) is 30.5 Å². The number of hydrogen-bond acceptors (Lipinski definition) is 5. The van der Waals surface area contributed by atoms with Gasteiger partial charge in [0.25, 0.3) is 11.6 Å². The summed E-state index contributed by atoms with van der Waals surface area (Å²) < 4.78 is 5.76. The Balaban J connectivity index is 1.65. The van der Waals surface area contributed by atoms with Gasteiger partial charge in [0, 0.05) is 27.7 Å². The number of benzene rings is 3. The fourth-order valence-corrected chi connectivity index (χ4v) is 2.95. The number of amides is 1. The van der Waals surface area contributed by atoms with Crippen molar-refractivity contribution in [1.82, 2.24) is 5.43 Å². The van der Waals surface area contributed by atoms with Crippen LogP contribution in [0.3, 0.4) is 0 Å². The van der Waals surface area contributed by atoms with E-state index in [1.54, 1.807) is 42.5 Å². The van der Waals surface area contributed by atoms with Crippen molar-refractivity contribution in [2.45, 2.75) is 6.61 Å². The van der Waals surface area contributed by atoms with Crippen LogP contribution in [0, 0.1) is 10.1 Å². The maximum absolute atomic E-state index is 12.5. The lowest BCUT2D eigenvalue weighted by atomic mass is 10.2. The van der Waals surface area contributed by atoms with Crippen molar-refractivity contribution in [2.75, 3.05) is 0 Å². The molecule has 1 N–H and O–H groups in total. The molecule has 0 radical (unpaired) electrons. The number of nitrogens with one attached hydrogen (secondary N) is 1. The van der Waals surface area contributed by atoms with Crippen LogP contribution >= 0.6 is 23.2 Å². The number of non-ortho nitro benzene ring substituents is 1. The summed E-state index contributed by atoms with van der Waals surface area (Å²) in [5.41, 5.74) is 4.01. The molecule has 0 atom stereocenters. The van der Waals surface area contributed by atoms with Crippen molar-refractivity contribution in [3.8, 4) is 5.75 Å². The van der Waals surface area contributed by atoms with Gasteiger partial charge in [-0.15, -0.1) is 0 Å². The van der Waals surface area contributed by atoms with E-state index in [4.69, 9.17) is 27.9 Å². The van der Waals surface area contributed by atoms with Crippen molar-refractivity contribution in [3.05, 3.63) is 104 Å². The Labute approximate surface area is 182 Å². The summed E-state index contributed by atoms with van der Waals surface area (Å²) in [5.74, 6) is -0.0995. The number of halogens is 2.